The van der Waals surface area contributed by atoms with Gasteiger partial charge in [-0.25, -0.2) is 13.1 Å². The van der Waals surface area contributed by atoms with Crippen molar-refractivity contribution in [2.24, 2.45) is 0 Å². The maximum Gasteiger partial charge on any atom is 0.294 e. The van der Waals surface area contributed by atoms with Crippen molar-refractivity contribution in [3.8, 4) is 0 Å². The van der Waals surface area contributed by atoms with Crippen LogP contribution < -0.4 is 14.9 Å². The maximum absolute atomic E-state index is 12.4. The molecule has 0 radical (unpaired) electrons. The first-order chi connectivity index (χ1) is 12.6. The Morgan fingerprint density at radius 2 is 1.70 bits per heavy atom. The Balaban J connectivity index is 2.32. The molecule has 0 aliphatic heterocycles. The normalized spacial score (nSPS) is 11.6. The van der Waals surface area contributed by atoms with Gasteiger partial charge in [0.2, 0.25) is 10.0 Å². The number of nitro groups is 1. The number of sulfonamides is 1. The van der Waals surface area contributed by atoms with E-state index < -0.39 is 14.9 Å². The summed E-state index contributed by atoms with van der Waals surface area (Å²) >= 11 is 0. The van der Waals surface area contributed by atoms with Crippen LogP contribution in [-0.4, -0.2) is 40.5 Å². The number of benzene rings is 2. The lowest BCUT2D eigenvalue weighted by Gasteiger charge is -2.12. The summed E-state index contributed by atoms with van der Waals surface area (Å²) in [5, 5.41) is 14.5. The molecule has 0 saturated heterocycles. The Morgan fingerprint density at radius 3 is 2.26 bits per heavy atom. The average Bonchev–Trinajstić information content (AvgIpc) is 2.53. The standard InChI is InChI=1S/C18H24N4O4S/c1-13-9-14(2)11-15(10-13)20-17-6-5-16(12-18(17)22(23)24)27(25,26)19-7-8-21(3)4/h5-6,9-12,19-20H,7-8H2,1-4H3/p+1. The van der Waals surface area contributed by atoms with Gasteiger partial charge in [-0.15, -0.1) is 0 Å². The minimum atomic E-state index is -3.81. The van der Waals surface area contributed by atoms with Gasteiger partial charge in [0.05, 0.1) is 37.0 Å². The highest BCUT2D eigenvalue weighted by Gasteiger charge is 2.21. The van der Waals surface area contributed by atoms with Gasteiger partial charge in [-0.3, -0.25) is 10.1 Å². The number of hydrogen-bond acceptors (Lipinski definition) is 5. The molecule has 0 aliphatic carbocycles. The van der Waals surface area contributed by atoms with Gasteiger partial charge in [0.25, 0.3) is 5.69 Å². The number of nitrogens with one attached hydrogen (secondary N) is 3. The topological polar surface area (TPSA) is 106 Å². The Hall–Kier alpha value is -2.49. The Kier molecular flexibility index (Phi) is 6.53. The third-order valence-corrected chi connectivity index (χ3v) is 5.35. The van der Waals surface area contributed by atoms with Crippen molar-refractivity contribution in [1.82, 2.24) is 4.72 Å². The van der Waals surface area contributed by atoms with E-state index in [-0.39, 0.29) is 22.8 Å². The lowest BCUT2D eigenvalue weighted by Crippen LogP contribution is -3.06. The number of anilines is 2. The van der Waals surface area contributed by atoms with E-state index in [4.69, 9.17) is 0 Å². The molecular formula is C18H25N4O4S+. The largest absolute Gasteiger partial charge is 0.350 e. The van der Waals surface area contributed by atoms with Gasteiger partial charge >= 0.3 is 0 Å². The number of quaternary nitrogens is 1. The summed E-state index contributed by atoms with van der Waals surface area (Å²) in [6.07, 6.45) is 0. The van der Waals surface area contributed by atoms with Gasteiger partial charge in [0.1, 0.15) is 5.69 Å². The smallest absolute Gasteiger partial charge is 0.294 e. The van der Waals surface area contributed by atoms with Gasteiger partial charge in [0.15, 0.2) is 0 Å². The molecule has 0 fully saturated rings. The fourth-order valence-electron chi connectivity index (χ4n) is 2.66. The Bertz CT molecular complexity index is 922. The highest BCUT2D eigenvalue weighted by atomic mass is 32.2. The fourth-order valence-corrected chi connectivity index (χ4v) is 3.71. The molecule has 0 saturated carbocycles. The fraction of sp³-hybridized carbons (Fsp3) is 0.333. The van der Waals surface area contributed by atoms with Crippen molar-refractivity contribution in [2.45, 2.75) is 18.7 Å². The van der Waals surface area contributed by atoms with Crippen molar-refractivity contribution in [2.75, 3.05) is 32.5 Å². The summed E-state index contributed by atoms with van der Waals surface area (Å²) in [4.78, 5) is 11.8. The van der Waals surface area contributed by atoms with Gasteiger partial charge in [-0.2, -0.15) is 0 Å². The van der Waals surface area contributed by atoms with Gasteiger partial charge < -0.3 is 10.2 Å². The number of likely N-dealkylation sites (N-methyl/N-ethyl adjacent to an activating group) is 1. The van der Waals surface area contributed by atoms with E-state index in [9.17, 15) is 18.5 Å². The molecule has 3 N–H and O–H groups in total. The summed E-state index contributed by atoms with van der Waals surface area (Å²) in [5.41, 5.74) is 2.69. The summed E-state index contributed by atoms with van der Waals surface area (Å²) in [5.74, 6) is 0. The molecule has 2 aromatic rings. The van der Waals surface area contributed by atoms with Gasteiger partial charge in [-0.05, 0) is 49.2 Å². The lowest BCUT2D eigenvalue weighted by molar-refractivity contribution is -0.856. The van der Waals surface area contributed by atoms with E-state index in [2.05, 4.69) is 10.0 Å². The number of nitrogens with zero attached hydrogens (tertiary/aromatic N) is 1. The second kappa shape index (κ2) is 8.47. The van der Waals surface area contributed by atoms with Crippen LogP contribution in [0.1, 0.15) is 11.1 Å². The van der Waals surface area contributed by atoms with E-state index in [0.29, 0.717) is 12.2 Å². The SMILES string of the molecule is Cc1cc(C)cc(Nc2ccc(S(=O)(=O)NCC[NH+](C)C)cc2[N+](=O)[O-])c1. The van der Waals surface area contributed by atoms with E-state index >= 15 is 0 Å². The van der Waals surface area contributed by atoms with Crippen LogP contribution in [0.25, 0.3) is 0 Å². The van der Waals surface area contributed by atoms with Crippen molar-refractivity contribution in [3.63, 3.8) is 0 Å². The number of hydrogen-bond donors (Lipinski definition) is 3. The predicted octanol–water partition coefficient (Wildman–Crippen LogP) is 1.38. The first kappa shape index (κ1) is 20.8. The van der Waals surface area contributed by atoms with Gasteiger partial charge in [0, 0.05) is 11.8 Å². The van der Waals surface area contributed by atoms with Crippen molar-refractivity contribution in [3.05, 3.63) is 57.6 Å². The van der Waals surface area contributed by atoms with E-state index in [1.165, 1.54) is 12.1 Å². The summed E-state index contributed by atoms with van der Waals surface area (Å²) < 4.78 is 27.2. The van der Waals surface area contributed by atoms with Crippen LogP contribution in [-0.2, 0) is 10.0 Å². The molecule has 2 aromatic carbocycles. The third kappa shape index (κ3) is 5.75. The van der Waals surface area contributed by atoms with Crippen LogP contribution in [0.2, 0.25) is 0 Å². The maximum atomic E-state index is 12.4. The van der Waals surface area contributed by atoms with Crippen molar-refractivity contribution < 1.29 is 18.2 Å². The predicted molar refractivity (Wildman–Crippen MR) is 105 cm³/mol. The highest BCUT2D eigenvalue weighted by Crippen LogP contribution is 2.30. The molecule has 0 aromatic heterocycles. The molecule has 0 aliphatic rings. The first-order valence-corrected chi connectivity index (χ1v) is 9.99. The summed E-state index contributed by atoms with van der Waals surface area (Å²) in [6.45, 7) is 4.72. The van der Waals surface area contributed by atoms with Crippen LogP contribution >= 0.6 is 0 Å². The molecule has 0 bridgehead atoms. The second-order valence-electron chi connectivity index (χ2n) is 6.79. The zero-order chi connectivity index (χ0) is 20.2. The van der Waals surface area contributed by atoms with Crippen LogP contribution in [0.5, 0.6) is 0 Å². The van der Waals surface area contributed by atoms with Gasteiger partial charge in [-0.1, -0.05) is 6.07 Å². The quantitative estimate of drug-likeness (QED) is 0.464. The molecule has 0 amide bonds. The van der Waals surface area contributed by atoms with E-state index in [1.54, 1.807) is 0 Å². The third-order valence-electron chi connectivity index (χ3n) is 3.89. The van der Waals surface area contributed by atoms with E-state index in [1.807, 2.05) is 46.1 Å². The average molecular weight is 393 g/mol. The molecule has 146 valence electrons. The highest BCUT2D eigenvalue weighted by molar-refractivity contribution is 7.89. The van der Waals surface area contributed by atoms with Crippen LogP contribution in [0, 0.1) is 24.0 Å². The zero-order valence-electron chi connectivity index (χ0n) is 15.9. The number of aryl methyl sites for hydroxylation is 2. The minimum absolute atomic E-state index is 0.131. The Morgan fingerprint density at radius 1 is 1.07 bits per heavy atom. The van der Waals surface area contributed by atoms with Crippen LogP contribution in [0.15, 0.2) is 41.3 Å². The summed E-state index contributed by atoms with van der Waals surface area (Å²) in [7, 11) is 0.00811. The number of nitro benzene ring substituents is 1. The van der Waals surface area contributed by atoms with Crippen LogP contribution in [0.4, 0.5) is 17.1 Å². The lowest BCUT2D eigenvalue weighted by atomic mass is 10.1. The van der Waals surface area contributed by atoms with Crippen molar-refractivity contribution >= 4 is 27.1 Å². The minimum Gasteiger partial charge on any atom is -0.350 e. The van der Waals surface area contributed by atoms with E-state index in [0.717, 1.165) is 22.1 Å². The molecule has 0 heterocycles. The van der Waals surface area contributed by atoms with Crippen molar-refractivity contribution in [1.29, 1.82) is 0 Å². The molecular weight excluding hydrogens is 368 g/mol. The summed E-state index contributed by atoms with van der Waals surface area (Å²) in [6, 6.07) is 9.59. The Labute approximate surface area is 159 Å². The molecule has 0 unspecified atom stereocenters. The zero-order valence-corrected chi connectivity index (χ0v) is 16.7. The monoisotopic (exact) mass is 393 g/mol. The van der Waals surface area contributed by atoms with Crippen LogP contribution in [0.3, 0.4) is 0 Å². The molecule has 27 heavy (non-hydrogen) atoms. The molecule has 9 heteroatoms. The second-order valence-corrected chi connectivity index (χ2v) is 8.56. The first-order valence-electron chi connectivity index (χ1n) is 8.51. The molecule has 0 atom stereocenters. The number of rotatable bonds is 8. The molecule has 0 spiro atoms. The molecule has 2 rings (SSSR count). The molecule has 8 nitrogen and oxygen atoms in total.